The van der Waals surface area contributed by atoms with E-state index in [-0.39, 0.29) is 34.9 Å². The second-order valence-corrected chi connectivity index (χ2v) is 8.89. The normalized spacial score (nSPS) is 12.5. The van der Waals surface area contributed by atoms with E-state index in [1.807, 2.05) is 0 Å². The van der Waals surface area contributed by atoms with Crippen molar-refractivity contribution >= 4 is 11.6 Å². The molecule has 0 saturated heterocycles. The molecule has 5 aromatic rings. The molecular weight excluding hydrogens is 561 g/mol. The van der Waals surface area contributed by atoms with Crippen molar-refractivity contribution in [2.75, 3.05) is 6.61 Å². The van der Waals surface area contributed by atoms with Gasteiger partial charge in [-0.3, -0.25) is 14.2 Å². The lowest BCUT2D eigenvalue weighted by Gasteiger charge is -2.18. The van der Waals surface area contributed by atoms with Gasteiger partial charge < -0.3 is 4.74 Å². The fourth-order valence-corrected chi connectivity index (χ4v) is 4.26. The maximum atomic E-state index is 15.3. The zero-order chi connectivity index (χ0) is 28.4. The number of aryl methyl sites for hydroxylation is 1. The van der Waals surface area contributed by atoms with Crippen molar-refractivity contribution in [3.05, 3.63) is 83.4 Å². The van der Waals surface area contributed by atoms with Crippen LogP contribution in [0.1, 0.15) is 36.1 Å². The van der Waals surface area contributed by atoms with E-state index in [4.69, 9.17) is 11.6 Å². The molecule has 4 aromatic heterocycles. The zero-order valence-corrected chi connectivity index (χ0v) is 21.3. The Morgan fingerprint density at radius 2 is 1.82 bits per heavy atom. The summed E-state index contributed by atoms with van der Waals surface area (Å²) in [6, 6.07) is 5.17. The third kappa shape index (κ3) is 5.56. The minimum Gasteiger partial charge on any atom is -0.323 e. The molecule has 1 atom stereocenters. The van der Waals surface area contributed by atoms with Crippen molar-refractivity contribution in [2.24, 2.45) is 0 Å². The van der Waals surface area contributed by atoms with Crippen molar-refractivity contribution in [3.8, 4) is 22.5 Å². The van der Waals surface area contributed by atoms with Crippen LogP contribution in [-0.2, 0) is 4.74 Å². The zero-order valence-electron chi connectivity index (χ0n) is 20.5. The lowest BCUT2D eigenvalue weighted by atomic mass is 10.0. The highest BCUT2D eigenvalue weighted by molar-refractivity contribution is 6.31. The molecular formula is C24H19ClF5N9O. The summed E-state index contributed by atoms with van der Waals surface area (Å²) < 4.78 is 75.5. The Bertz CT molecular complexity index is 1600. The summed E-state index contributed by atoms with van der Waals surface area (Å²) in [6.07, 6.45) is 4.32. The van der Waals surface area contributed by atoms with Gasteiger partial charge in [-0.2, -0.15) is 13.9 Å². The molecule has 0 N–H and O–H groups in total. The van der Waals surface area contributed by atoms with Gasteiger partial charge in [0, 0.05) is 23.5 Å². The number of nitrogens with zero attached hydrogens (tertiary/aromatic N) is 9. The molecule has 10 nitrogen and oxygen atoms in total. The Morgan fingerprint density at radius 3 is 2.48 bits per heavy atom. The summed E-state index contributed by atoms with van der Waals surface area (Å²) in [5, 5.41) is 19.1. The minimum atomic E-state index is -2.95. The summed E-state index contributed by atoms with van der Waals surface area (Å²) in [7, 11) is 0. The van der Waals surface area contributed by atoms with Gasteiger partial charge in [0.15, 0.2) is 5.82 Å². The summed E-state index contributed by atoms with van der Waals surface area (Å²) in [5.41, 5.74) is 0.806. The highest BCUT2D eigenvalue weighted by atomic mass is 35.5. The Labute approximate surface area is 228 Å². The molecule has 0 aliphatic rings. The smallest absolute Gasteiger partial charge is 0.323 e. The van der Waals surface area contributed by atoms with Gasteiger partial charge in [0.2, 0.25) is 0 Å². The van der Waals surface area contributed by atoms with Crippen LogP contribution in [0.15, 0.2) is 55.4 Å². The van der Waals surface area contributed by atoms with Gasteiger partial charge >= 0.3 is 6.61 Å². The largest absolute Gasteiger partial charge is 0.345 e. The molecule has 1 unspecified atom stereocenters. The Balaban J connectivity index is 1.50. The number of benzene rings is 1. The average molecular weight is 580 g/mol. The molecule has 1 aromatic carbocycles. The standard InChI is InChI=1S/C24H19ClF5N9O/c1-13-34-32-12-37(13)15-9-33-38(10-15)19(6-7-40-24(29)30)17-4-2-14(8-31-17)21-20(5-3-16(25)22(21)26)39-11-18(23(27)28)35-36-39/h2-5,8-12,19,23-24H,6-7H2,1H3. The van der Waals surface area contributed by atoms with Crippen LogP contribution in [0.2, 0.25) is 5.02 Å². The van der Waals surface area contributed by atoms with Crippen LogP contribution < -0.4 is 0 Å². The maximum absolute atomic E-state index is 15.3. The summed E-state index contributed by atoms with van der Waals surface area (Å²) >= 11 is 6.02. The first-order valence-corrected chi connectivity index (χ1v) is 12.1. The van der Waals surface area contributed by atoms with Crippen LogP contribution >= 0.6 is 11.6 Å². The third-order valence-electron chi connectivity index (χ3n) is 6.01. The van der Waals surface area contributed by atoms with Gasteiger partial charge in [-0.1, -0.05) is 22.9 Å². The van der Waals surface area contributed by atoms with Gasteiger partial charge in [-0.25, -0.2) is 17.9 Å². The van der Waals surface area contributed by atoms with Crippen molar-refractivity contribution in [2.45, 2.75) is 32.4 Å². The molecule has 0 spiro atoms. The van der Waals surface area contributed by atoms with Crippen molar-refractivity contribution in [1.82, 2.24) is 44.5 Å². The van der Waals surface area contributed by atoms with E-state index in [1.165, 1.54) is 29.3 Å². The predicted molar refractivity (Wildman–Crippen MR) is 131 cm³/mol. The number of alkyl halides is 4. The van der Waals surface area contributed by atoms with Gasteiger partial charge in [-0.05, 0) is 31.5 Å². The van der Waals surface area contributed by atoms with Crippen LogP contribution in [-0.4, -0.2) is 57.7 Å². The maximum Gasteiger partial charge on any atom is 0.345 e. The van der Waals surface area contributed by atoms with Crippen LogP contribution in [0.25, 0.3) is 22.5 Å². The lowest BCUT2D eigenvalue weighted by Crippen LogP contribution is -2.16. The number of hydrogen-bond acceptors (Lipinski definition) is 7. The number of pyridine rings is 1. The minimum absolute atomic E-state index is 0.0423. The van der Waals surface area contributed by atoms with Crippen molar-refractivity contribution in [1.29, 1.82) is 0 Å². The van der Waals surface area contributed by atoms with Crippen molar-refractivity contribution in [3.63, 3.8) is 0 Å². The van der Waals surface area contributed by atoms with E-state index in [1.54, 1.807) is 36.0 Å². The SMILES string of the molecule is Cc1nncn1-c1cnn(C(CCOC(F)F)c2ccc(-c3c(-n4cc(C(F)F)nn4)ccc(Cl)c3F)cn2)c1. The number of aromatic nitrogens is 9. The number of ether oxygens (including phenoxy) is 1. The molecule has 0 bridgehead atoms. The van der Waals surface area contributed by atoms with E-state index in [0.717, 1.165) is 10.9 Å². The van der Waals surface area contributed by atoms with E-state index >= 15 is 4.39 Å². The molecule has 0 saturated carbocycles. The van der Waals surface area contributed by atoms with E-state index in [0.29, 0.717) is 17.2 Å². The molecule has 40 heavy (non-hydrogen) atoms. The Hall–Kier alpha value is -4.24. The number of hydrogen-bond donors (Lipinski definition) is 0. The van der Waals surface area contributed by atoms with E-state index in [9.17, 15) is 17.6 Å². The highest BCUT2D eigenvalue weighted by Gasteiger charge is 2.22. The molecule has 16 heteroatoms. The fourth-order valence-electron chi connectivity index (χ4n) is 4.10. The summed E-state index contributed by atoms with van der Waals surface area (Å²) in [5.74, 6) is -0.197. The Morgan fingerprint density at radius 1 is 1.00 bits per heavy atom. The molecule has 0 fully saturated rings. The van der Waals surface area contributed by atoms with Crippen LogP contribution in [0, 0.1) is 12.7 Å². The molecule has 208 valence electrons. The van der Waals surface area contributed by atoms with Gasteiger partial charge in [0.25, 0.3) is 6.43 Å². The van der Waals surface area contributed by atoms with Crippen molar-refractivity contribution < 1.29 is 26.7 Å². The second kappa shape index (κ2) is 11.5. The monoisotopic (exact) mass is 579 g/mol. The number of rotatable bonds is 10. The topological polar surface area (TPSA) is 101 Å². The van der Waals surface area contributed by atoms with E-state index in [2.05, 4.69) is 35.3 Å². The summed E-state index contributed by atoms with van der Waals surface area (Å²) in [6.45, 7) is -1.48. The van der Waals surface area contributed by atoms with Gasteiger partial charge in [0.1, 0.15) is 17.8 Å². The van der Waals surface area contributed by atoms with Gasteiger partial charge in [-0.15, -0.1) is 15.3 Å². The van der Waals surface area contributed by atoms with Crippen LogP contribution in [0.5, 0.6) is 0 Å². The van der Waals surface area contributed by atoms with Crippen LogP contribution in [0.3, 0.4) is 0 Å². The quantitative estimate of drug-likeness (QED) is 0.205. The average Bonchev–Trinajstić information content (AvgIpc) is 3.69. The lowest BCUT2D eigenvalue weighted by molar-refractivity contribution is -0.130. The highest BCUT2D eigenvalue weighted by Crippen LogP contribution is 2.34. The molecule has 0 radical (unpaired) electrons. The molecule has 0 amide bonds. The summed E-state index contributed by atoms with van der Waals surface area (Å²) in [4.78, 5) is 4.45. The van der Waals surface area contributed by atoms with Gasteiger partial charge in [0.05, 0.1) is 47.1 Å². The second-order valence-electron chi connectivity index (χ2n) is 8.48. The molecule has 0 aliphatic carbocycles. The number of halogens is 6. The molecule has 4 heterocycles. The fraction of sp³-hybridized carbons (Fsp3) is 0.250. The molecule has 5 rings (SSSR count). The van der Waals surface area contributed by atoms with Crippen LogP contribution in [0.4, 0.5) is 22.0 Å². The predicted octanol–water partition coefficient (Wildman–Crippen LogP) is 5.36. The van der Waals surface area contributed by atoms with E-state index < -0.39 is 30.6 Å². The Kier molecular flexibility index (Phi) is 7.84. The first-order chi connectivity index (χ1) is 19.2. The third-order valence-corrected chi connectivity index (χ3v) is 6.30. The first-order valence-electron chi connectivity index (χ1n) is 11.7. The first kappa shape index (κ1) is 27.3. The molecule has 0 aliphatic heterocycles.